The van der Waals surface area contributed by atoms with Gasteiger partial charge in [0.1, 0.15) is 5.75 Å². The Labute approximate surface area is 168 Å². The number of aryl methyl sites for hydroxylation is 2. The molecule has 2 rings (SSSR count). The van der Waals surface area contributed by atoms with Gasteiger partial charge in [0.05, 0.1) is 4.47 Å². The van der Waals surface area contributed by atoms with Gasteiger partial charge in [-0.2, -0.15) is 0 Å². The maximum Gasteiger partial charge on any atom is 0.262 e. The number of ether oxygens (including phenoxy) is 1. The molecule has 0 aliphatic rings. The van der Waals surface area contributed by atoms with Gasteiger partial charge in [-0.15, -0.1) is 0 Å². The van der Waals surface area contributed by atoms with Crippen molar-refractivity contribution in [2.45, 2.75) is 26.2 Å². The van der Waals surface area contributed by atoms with Crippen LogP contribution in [-0.2, 0) is 22.4 Å². The van der Waals surface area contributed by atoms with E-state index < -0.39 is 0 Å². The number of rotatable bonds is 8. The normalized spacial score (nSPS) is 10.4. The summed E-state index contributed by atoms with van der Waals surface area (Å²) in [5.74, 6) is 0.485. The van der Waals surface area contributed by atoms with E-state index in [1.807, 2.05) is 42.5 Å². The lowest BCUT2D eigenvalue weighted by Gasteiger charge is -2.12. The van der Waals surface area contributed by atoms with E-state index in [4.69, 9.17) is 4.74 Å². The third kappa shape index (κ3) is 6.71. The molecule has 0 unspecified atom stereocenters. The van der Waals surface area contributed by atoms with Crippen LogP contribution < -0.4 is 10.1 Å². The molecule has 0 spiro atoms. The molecule has 0 aliphatic carbocycles. The number of hydrogen-bond acceptors (Lipinski definition) is 3. The van der Waals surface area contributed by atoms with Crippen molar-refractivity contribution in [3.8, 4) is 5.75 Å². The van der Waals surface area contributed by atoms with Gasteiger partial charge >= 0.3 is 0 Å². The maximum absolute atomic E-state index is 12.2. The van der Waals surface area contributed by atoms with E-state index in [0.717, 1.165) is 16.5 Å². The Kier molecular flexibility index (Phi) is 7.85. The highest BCUT2D eigenvalue weighted by atomic mass is 79.9. The summed E-state index contributed by atoms with van der Waals surface area (Å²) in [4.78, 5) is 25.5. The molecule has 2 amide bonds. The molecule has 144 valence electrons. The van der Waals surface area contributed by atoms with Crippen LogP contribution in [-0.4, -0.2) is 37.4 Å². The minimum Gasteiger partial charge on any atom is -0.483 e. The highest BCUT2D eigenvalue weighted by Crippen LogP contribution is 2.26. The van der Waals surface area contributed by atoms with Crippen molar-refractivity contribution in [2.24, 2.45) is 0 Å². The summed E-state index contributed by atoms with van der Waals surface area (Å²) in [6.07, 6.45) is 2.01. The smallest absolute Gasteiger partial charge is 0.262 e. The molecule has 27 heavy (non-hydrogen) atoms. The SMILES string of the molecule is CCc1ccc(OCC(=O)Nc2cccc(CCC(=O)N(C)C)c2)c(Br)c1. The van der Waals surface area contributed by atoms with E-state index in [2.05, 4.69) is 28.2 Å². The summed E-state index contributed by atoms with van der Waals surface area (Å²) in [7, 11) is 3.49. The second-order valence-electron chi connectivity index (χ2n) is 6.44. The van der Waals surface area contributed by atoms with Gasteiger partial charge in [-0.1, -0.05) is 25.1 Å². The first-order chi connectivity index (χ1) is 12.9. The van der Waals surface area contributed by atoms with Gasteiger partial charge in [0, 0.05) is 26.2 Å². The van der Waals surface area contributed by atoms with Crippen LogP contribution in [0.15, 0.2) is 46.9 Å². The second-order valence-corrected chi connectivity index (χ2v) is 7.30. The first kappa shape index (κ1) is 21.0. The molecule has 0 aliphatic heterocycles. The van der Waals surface area contributed by atoms with Gasteiger partial charge in [0.2, 0.25) is 5.91 Å². The number of halogens is 1. The molecule has 0 atom stereocenters. The third-order valence-corrected chi connectivity index (χ3v) is 4.72. The number of nitrogens with zero attached hydrogens (tertiary/aromatic N) is 1. The third-order valence-electron chi connectivity index (χ3n) is 4.10. The maximum atomic E-state index is 12.2. The predicted octanol–water partition coefficient (Wildman–Crippen LogP) is 4.05. The zero-order valence-electron chi connectivity index (χ0n) is 15.9. The lowest BCUT2D eigenvalue weighted by Crippen LogP contribution is -2.22. The minimum absolute atomic E-state index is 0.0760. The lowest BCUT2D eigenvalue weighted by molar-refractivity contribution is -0.128. The fraction of sp³-hybridized carbons (Fsp3) is 0.333. The van der Waals surface area contributed by atoms with E-state index in [9.17, 15) is 9.59 Å². The van der Waals surface area contributed by atoms with E-state index in [-0.39, 0.29) is 18.4 Å². The van der Waals surface area contributed by atoms with Crippen LogP contribution in [0, 0.1) is 0 Å². The van der Waals surface area contributed by atoms with Crippen molar-refractivity contribution in [1.29, 1.82) is 0 Å². The van der Waals surface area contributed by atoms with E-state index in [1.165, 1.54) is 5.56 Å². The van der Waals surface area contributed by atoms with Gasteiger partial charge < -0.3 is 15.0 Å². The number of carbonyl (C=O) groups excluding carboxylic acids is 2. The van der Waals surface area contributed by atoms with Gasteiger partial charge in [-0.05, 0) is 64.2 Å². The number of anilines is 1. The average Bonchev–Trinajstić information content (AvgIpc) is 2.65. The van der Waals surface area contributed by atoms with Crippen LogP contribution in [0.4, 0.5) is 5.69 Å². The summed E-state index contributed by atoms with van der Waals surface area (Å²) in [5.41, 5.74) is 2.89. The van der Waals surface area contributed by atoms with E-state index in [1.54, 1.807) is 19.0 Å². The highest BCUT2D eigenvalue weighted by molar-refractivity contribution is 9.10. The number of amides is 2. The Morgan fingerprint density at radius 3 is 2.56 bits per heavy atom. The van der Waals surface area contributed by atoms with Crippen molar-refractivity contribution in [3.05, 3.63) is 58.1 Å². The first-order valence-electron chi connectivity index (χ1n) is 8.89. The molecular formula is C21H25BrN2O3. The summed E-state index contributed by atoms with van der Waals surface area (Å²) in [6, 6.07) is 13.3. The van der Waals surface area contributed by atoms with Crippen molar-refractivity contribution >= 4 is 33.4 Å². The molecule has 0 saturated heterocycles. The molecule has 2 aromatic carbocycles. The standard InChI is InChI=1S/C21H25BrN2O3/c1-4-15-8-10-19(18(22)13-15)27-14-20(25)23-17-7-5-6-16(12-17)9-11-21(26)24(2)3/h5-8,10,12-13H,4,9,11,14H2,1-3H3,(H,23,25). The quantitative estimate of drug-likeness (QED) is 0.684. The molecule has 0 heterocycles. The molecule has 6 heteroatoms. The summed E-state index contributed by atoms with van der Waals surface area (Å²) < 4.78 is 6.43. The van der Waals surface area contributed by atoms with Crippen LogP contribution in [0.25, 0.3) is 0 Å². The number of nitrogens with one attached hydrogen (secondary N) is 1. The van der Waals surface area contributed by atoms with Crippen molar-refractivity contribution < 1.29 is 14.3 Å². The molecule has 2 aromatic rings. The van der Waals surface area contributed by atoms with Crippen molar-refractivity contribution in [3.63, 3.8) is 0 Å². The van der Waals surface area contributed by atoms with E-state index in [0.29, 0.717) is 24.3 Å². The molecule has 0 fully saturated rings. The summed E-state index contributed by atoms with van der Waals surface area (Å²) >= 11 is 3.47. The van der Waals surface area contributed by atoms with Gasteiger partial charge in [-0.3, -0.25) is 9.59 Å². The van der Waals surface area contributed by atoms with Crippen molar-refractivity contribution in [2.75, 3.05) is 26.0 Å². The second kappa shape index (κ2) is 10.1. The number of carbonyl (C=O) groups is 2. The molecule has 0 aromatic heterocycles. The molecule has 5 nitrogen and oxygen atoms in total. The Balaban J connectivity index is 1.88. The predicted molar refractivity (Wildman–Crippen MR) is 111 cm³/mol. The molecule has 1 N–H and O–H groups in total. The largest absolute Gasteiger partial charge is 0.483 e. The highest BCUT2D eigenvalue weighted by Gasteiger charge is 2.08. The van der Waals surface area contributed by atoms with Crippen LogP contribution in [0.1, 0.15) is 24.5 Å². The van der Waals surface area contributed by atoms with Gasteiger partial charge in [-0.25, -0.2) is 0 Å². The molecular weight excluding hydrogens is 408 g/mol. The lowest BCUT2D eigenvalue weighted by atomic mass is 10.1. The van der Waals surface area contributed by atoms with Crippen LogP contribution >= 0.6 is 15.9 Å². The zero-order chi connectivity index (χ0) is 19.8. The van der Waals surface area contributed by atoms with Crippen LogP contribution in [0.2, 0.25) is 0 Å². The Morgan fingerprint density at radius 1 is 1.11 bits per heavy atom. The fourth-order valence-electron chi connectivity index (χ4n) is 2.50. The summed E-state index contributed by atoms with van der Waals surface area (Å²) in [6.45, 7) is 2.01. The molecule has 0 bridgehead atoms. The van der Waals surface area contributed by atoms with Gasteiger partial charge in [0.15, 0.2) is 6.61 Å². The Hall–Kier alpha value is -2.34. The fourth-order valence-corrected chi connectivity index (χ4v) is 3.04. The molecule has 0 radical (unpaired) electrons. The number of benzene rings is 2. The van der Waals surface area contributed by atoms with Crippen LogP contribution in [0.5, 0.6) is 5.75 Å². The summed E-state index contributed by atoms with van der Waals surface area (Å²) in [5, 5.41) is 2.83. The zero-order valence-corrected chi connectivity index (χ0v) is 17.5. The van der Waals surface area contributed by atoms with E-state index >= 15 is 0 Å². The average molecular weight is 433 g/mol. The Bertz CT molecular complexity index is 806. The topological polar surface area (TPSA) is 58.6 Å². The minimum atomic E-state index is -0.233. The van der Waals surface area contributed by atoms with Gasteiger partial charge in [0.25, 0.3) is 5.91 Å². The van der Waals surface area contributed by atoms with Crippen LogP contribution in [0.3, 0.4) is 0 Å². The van der Waals surface area contributed by atoms with Crippen molar-refractivity contribution in [1.82, 2.24) is 4.90 Å². The Morgan fingerprint density at radius 2 is 1.89 bits per heavy atom. The monoisotopic (exact) mass is 432 g/mol. The number of hydrogen-bond donors (Lipinski definition) is 1. The molecule has 0 saturated carbocycles. The first-order valence-corrected chi connectivity index (χ1v) is 9.68.